The van der Waals surface area contributed by atoms with E-state index in [1.165, 1.54) is 21.8 Å². The van der Waals surface area contributed by atoms with Gasteiger partial charge in [0.15, 0.2) is 5.16 Å². The van der Waals surface area contributed by atoms with Gasteiger partial charge in [0, 0.05) is 18.9 Å². The zero-order valence-corrected chi connectivity index (χ0v) is 9.99. The Hall–Kier alpha value is -0.130. The van der Waals surface area contributed by atoms with Gasteiger partial charge in [-0.25, -0.2) is 4.98 Å². The predicted molar refractivity (Wildman–Crippen MR) is 61.5 cm³/mol. The van der Waals surface area contributed by atoms with Crippen LogP contribution in [0.15, 0.2) is 17.6 Å². The molecule has 0 saturated carbocycles. The SMILES string of the molecule is CC.CCCn1ccnc1SSN. The molecule has 1 heterocycles. The van der Waals surface area contributed by atoms with Crippen molar-refractivity contribution in [3.8, 4) is 0 Å². The molecule has 0 bridgehead atoms. The van der Waals surface area contributed by atoms with Crippen LogP contribution in [-0.2, 0) is 6.54 Å². The van der Waals surface area contributed by atoms with Gasteiger partial charge in [0.1, 0.15) is 0 Å². The highest BCUT2D eigenvalue weighted by Gasteiger charge is 2.00. The molecule has 0 aliphatic carbocycles. The van der Waals surface area contributed by atoms with Crippen LogP contribution in [0.5, 0.6) is 0 Å². The Labute approximate surface area is 88.0 Å². The second-order valence-corrected chi connectivity index (χ2v) is 3.88. The second-order valence-electron chi connectivity index (χ2n) is 2.08. The monoisotopic (exact) mass is 219 g/mol. The topological polar surface area (TPSA) is 43.8 Å². The van der Waals surface area contributed by atoms with Crippen LogP contribution in [0.4, 0.5) is 0 Å². The van der Waals surface area contributed by atoms with Crippen LogP contribution < -0.4 is 5.14 Å². The zero-order valence-electron chi connectivity index (χ0n) is 8.36. The summed E-state index contributed by atoms with van der Waals surface area (Å²) in [5, 5.41) is 6.30. The first kappa shape index (κ1) is 12.9. The van der Waals surface area contributed by atoms with E-state index in [9.17, 15) is 0 Å². The zero-order chi connectivity index (χ0) is 10.1. The fourth-order valence-electron chi connectivity index (χ4n) is 0.839. The number of imidazole rings is 1. The molecule has 2 N–H and O–H groups in total. The first-order chi connectivity index (χ1) is 6.38. The van der Waals surface area contributed by atoms with Crippen molar-refractivity contribution in [2.45, 2.75) is 38.9 Å². The van der Waals surface area contributed by atoms with Gasteiger partial charge in [-0.2, -0.15) is 0 Å². The minimum absolute atomic E-state index is 0.986. The average molecular weight is 219 g/mol. The molecular weight excluding hydrogens is 202 g/mol. The summed E-state index contributed by atoms with van der Waals surface area (Å²) in [5.74, 6) is 0. The summed E-state index contributed by atoms with van der Waals surface area (Å²) < 4.78 is 2.10. The maximum atomic E-state index is 5.31. The molecule has 0 saturated heterocycles. The molecule has 0 fully saturated rings. The maximum Gasteiger partial charge on any atom is 0.180 e. The number of rotatable bonds is 4. The summed E-state index contributed by atoms with van der Waals surface area (Å²) in [4.78, 5) is 4.15. The van der Waals surface area contributed by atoms with Gasteiger partial charge in [-0.05, 0) is 28.2 Å². The van der Waals surface area contributed by atoms with E-state index in [4.69, 9.17) is 5.14 Å². The van der Waals surface area contributed by atoms with Gasteiger partial charge in [0.25, 0.3) is 0 Å². The fraction of sp³-hybridized carbons (Fsp3) is 0.625. The lowest BCUT2D eigenvalue weighted by Gasteiger charge is -2.02. The van der Waals surface area contributed by atoms with Crippen LogP contribution in [0.1, 0.15) is 27.2 Å². The Balaban J connectivity index is 0.000000671. The molecule has 0 spiro atoms. The van der Waals surface area contributed by atoms with Gasteiger partial charge in [-0.15, -0.1) is 0 Å². The Morgan fingerprint density at radius 1 is 1.54 bits per heavy atom. The lowest BCUT2D eigenvalue weighted by Crippen LogP contribution is -1.96. The third-order valence-corrected chi connectivity index (χ3v) is 2.59. The van der Waals surface area contributed by atoms with Gasteiger partial charge < -0.3 is 4.57 Å². The van der Waals surface area contributed by atoms with E-state index in [0.29, 0.717) is 0 Å². The molecule has 0 unspecified atom stereocenters. The molecule has 1 aromatic heterocycles. The summed E-state index contributed by atoms with van der Waals surface area (Å²) in [6, 6.07) is 0. The van der Waals surface area contributed by atoms with Gasteiger partial charge in [-0.3, -0.25) is 5.14 Å². The van der Waals surface area contributed by atoms with Crippen LogP contribution in [-0.4, -0.2) is 9.55 Å². The van der Waals surface area contributed by atoms with E-state index in [1.54, 1.807) is 6.20 Å². The molecular formula is C8H17N3S2. The number of hydrogen-bond acceptors (Lipinski definition) is 4. The molecule has 0 aromatic carbocycles. The molecule has 5 heteroatoms. The Bertz CT molecular complexity index is 192. The van der Waals surface area contributed by atoms with Gasteiger partial charge in [0.2, 0.25) is 0 Å². The molecule has 76 valence electrons. The third kappa shape index (κ3) is 4.59. The molecule has 3 nitrogen and oxygen atoms in total. The van der Waals surface area contributed by atoms with E-state index >= 15 is 0 Å². The molecule has 0 aliphatic rings. The lowest BCUT2D eigenvalue weighted by atomic mass is 10.5. The number of hydrogen-bond donors (Lipinski definition) is 1. The largest absolute Gasteiger partial charge is 0.325 e. The molecule has 0 aliphatic heterocycles. The predicted octanol–water partition coefficient (Wildman–Crippen LogP) is 2.93. The van der Waals surface area contributed by atoms with Crippen LogP contribution >= 0.6 is 21.8 Å². The number of nitrogens with two attached hydrogens (primary N) is 1. The van der Waals surface area contributed by atoms with Crippen molar-refractivity contribution < 1.29 is 0 Å². The number of nitrogens with zero attached hydrogens (tertiary/aromatic N) is 2. The van der Waals surface area contributed by atoms with Crippen molar-refractivity contribution in [3.05, 3.63) is 12.4 Å². The van der Waals surface area contributed by atoms with Crippen LogP contribution in [0.2, 0.25) is 0 Å². The van der Waals surface area contributed by atoms with Gasteiger partial charge in [-0.1, -0.05) is 20.8 Å². The molecule has 0 atom stereocenters. The van der Waals surface area contributed by atoms with Crippen molar-refractivity contribution in [1.29, 1.82) is 0 Å². The Kier molecular flexibility index (Phi) is 8.38. The first-order valence-corrected chi connectivity index (χ1v) is 6.64. The highest BCUT2D eigenvalue weighted by atomic mass is 33.1. The summed E-state index contributed by atoms with van der Waals surface area (Å²) >= 11 is 0. The van der Waals surface area contributed by atoms with E-state index < -0.39 is 0 Å². The van der Waals surface area contributed by atoms with Crippen molar-refractivity contribution in [2.75, 3.05) is 0 Å². The molecule has 13 heavy (non-hydrogen) atoms. The summed E-state index contributed by atoms with van der Waals surface area (Å²) in [6.45, 7) is 7.16. The van der Waals surface area contributed by atoms with Gasteiger partial charge >= 0.3 is 0 Å². The van der Waals surface area contributed by atoms with Gasteiger partial charge in [0.05, 0.1) is 0 Å². The second kappa shape index (κ2) is 8.47. The van der Waals surface area contributed by atoms with E-state index in [1.807, 2.05) is 20.0 Å². The highest BCUT2D eigenvalue weighted by Crippen LogP contribution is 2.24. The van der Waals surface area contributed by atoms with Crippen LogP contribution in [0.3, 0.4) is 0 Å². The van der Waals surface area contributed by atoms with Crippen LogP contribution in [0.25, 0.3) is 0 Å². The van der Waals surface area contributed by atoms with E-state index in [0.717, 1.165) is 18.1 Å². The first-order valence-electron chi connectivity index (χ1n) is 4.43. The number of aromatic nitrogens is 2. The summed E-state index contributed by atoms with van der Waals surface area (Å²) in [7, 11) is 2.73. The standard InChI is InChI=1S/C6H11N3S2.C2H6/c1-2-4-9-5-3-8-6(9)10-11-7;1-2/h3,5H,2,4,7H2,1H3;1-2H3. The third-order valence-electron chi connectivity index (χ3n) is 1.26. The number of aryl methyl sites for hydroxylation is 1. The van der Waals surface area contributed by atoms with Crippen molar-refractivity contribution in [3.63, 3.8) is 0 Å². The maximum absolute atomic E-state index is 5.31. The molecule has 0 amide bonds. The Morgan fingerprint density at radius 3 is 2.77 bits per heavy atom. The minimum Gasteiger partial charge on any atom is -0.325 e. The average Bonchev–Trinajstić information content (AvgIpc) is 2.58. The Morgan fingerprint density at radius 2 is 2.23 bits per heavy atom. The van der Waals surface area contributed by atoms with E-state index in [-0.39, 0.29) is 0 Å². The quantitative estimate of drug-likeness (QED) is 0.624. The molecule has 1 aromatic rings. The fourth-order valence-corrected chi connectivity index (χ4v) is 1.95. The summed E-state index contributed by atoms with van der Waals surface area (Å²) in [6.07, 6.45) is 4.90. The highest BCUT2D eigenvalue weighted by molar-refractivity contribution is 8.75. The molecule has 0 radical (unpaired) electrons. The van der Waals surface area contributed by atoms with Crippen LogP contribution in [0, 0.1) is 0 Å². The minimum atomic E-state index is 0.986. The lowest BCUT2D eigenvalue weighted by molar-refractivity contribution is 0.622. The van der Waals surface area contributed by atoms with E-state index in [2.05, 4.69) is 16.5 Å². The summed E-state index contributed by atoms with van der Waals surface area (Å²) in [5.41, 5.74) is 0. The normalized spacial score (nSPS) is 9.23. The smallest absolute Gasteiger partial charge is 0.180 e. The van der Waals surface area contributed by atoms with Crippen molar-refractivity contribution >= 4 is 21.8 Å². The molecule has 1 rings (SSSR count). The van der Waals surface area contributed by atoms with Crippen molar-refractivity contribution in [2.24, 2.45) is 5.14 Å². The van der Waals surface area contributed by atoms with Crippen molar-refractivity contribution in [1.82, 2.24) is 9.55 Å².